The maximum Gasteiger partial charge on any atom is 0.260 e. The molecule has 7 nitrogen and oxygen atoms in total. The number of carbonyl (C=O) groups is 1. The molecular formula is C27H27N3O4. The Morgan fingerprint density at radius 3 is 2.15 bits per heavy atom. The van der Waals surface area contributed by atoms with E-state index < -0.39 is 5.92 Å². The molecule has 1 amide bonds. The van der Waals surface area contributed by atoms with Crippen molar-refractivity contribution in [2.75, 3.05) is 21.3 Å². The predicted molar refractivity (Wildman–Crippen MR) is 134 cm³/mol. The number of para-hydroxylation sites is 3. The van der Waals surface area contributed by atoms with Crippen LogP contribution in [-0.2, 0) is 0 Å². The molecule has 0 bridgehead atoms. The topological polar surface area (TPSA) is 81.5 Å². The van der Waals surface area contributed by atoms with Crippen molar-refractivity contribution in [3.8, 4) is 17.2 Å². The fourth-order valence-electron chi connectivity index (χ4n) is 4.01. The molecule has 0 fully saturated rings. The zero-order chi connectivity index (χ0) is 24.1. The fraction of sp³-hybridized carbons (Fsp3) is 0.222. The molecule has 1 atom stereocenters. The van der Waals surface area contributed by atoms with Crippen LogP contribution in [0.25, 0.3) is 0 Å². The first kappa shape index (κ1) is 23.0. The second kappa shape index (κ2) is 10.2. The van der Waals surface area contributed by atoms with E-state index in [1.807, 2.05) is 55.5 Å². The van der Waals surface area contributed by atoms with Crippen molar-refractivity contribution in [2.24, 2.45) is 9.98 Å². The first-order valence-electron chi connectivity index (χ1n) is 11.0. The molecular weight excluding hydrogens is 430 g/mol. The minimum Gasteiger partial charge on any atom is -0.496 e. The quantitative estimate of drug-likeness (QED) is 0.533. The van der Waals surface area contributed by atoms with Crippen molar-refractivity contribution in [3.63, 3.8) is 0 Å². The second-order valence-corrected chi connectivity index (χ2v) is 7.64. The summed E-state index contributed by atoms with van der Waals surface area (Å²) < 4.78 is 16.3. The molecule has 7 heteroatoms. The van der Waals surface area contributed by atoms with Crippen molar-refractivity contribution >= 4 is 28.8 Å². The van der Waals surface area contributed by atoms with Crippen molar-refractivity contribution in [3.05, 3.63) is 77.9 Å². The van der Waals surface area contributed by atoms with E-state index >= 15 is 0 Å². The summed E-state index contributed by atoms with van der Waals surface area (Å²) in [5.74, 6) is 1.48. The normalized spacial score (nSPS) is 14.8. The Balaban J connectivity index is 1.85. The molecule has 1 N–H and O–H groups in total. The van der Waals surface area contributed by atoms with Crippen LogP contribution in [0.2, 0.25) is 0 Å². The number of ether oxygens (including phenoxy) is 3. The summed E-state index contributed by atoms with van der Waals surface area (Å²) >= 11 is 0. The first-order valence-corrected chi connectivity index (χ1v) is 11.0. The molecule has 1 aliphatic rings. The highest BCUT2D eigenvalue weighted by molar-refractivity contribution is 6.20. The van der Waals surface area contributed by atoms with Crippen LogP contribution in [0.3, 0.4) is 0 Å². The number of benzene rings is 3. The van der Waals surface area contributed by atoms with E-state index in [1.54, 1.807) is 39.5 Å². The third-order valence-electron chi connectivity index (χ3n) is 5.69. The Hall–Kier alpha value is -4.13. The van der Waals surface area contributed by atoms with Crippen LogP contribution >= 0.6 is 0 Å². The van der Waals surface area contributed by atoms with Crippen LogP contribution in [0.15, 0.2) is 76.7 Å². The van der Waals surface area contributed by atoms with E-state index in [-0.39, 0.29) is 5.91 Å². The number of aliphatic imine (C=N–C) groups is 2. The van der Waals surface area contributed by atoms with Crippen LogP contribution in [0, 0.1) is 0 Å². The summed E-state index contributed by atoms with van der Waals surface area (Å²) in [6.45, 7) is 2.04. The van der Waals surface area contributed by atoms with E-state index in [2.05, 4.69) is 5.32 Å². The van der Waals surface area contributed by atoms with Gasteiger partial charge in [-0.25, -0.2) is 4.99 Å². The Morgan fingerprint density at radius 1 is 0.824 bits per heavy atom. The van der Waals surface area contributed by atoms with Crippen molar-refractivity contribution in [1.82, 2.24) is 5.32 Å². The van der Waals surface area contributed by atoms with Gasteiger partial charge in [-0.3, -0.25) is 9.79 Å². The lowest BCUT2D eigenvalue weighted by Crippen LogP contribution is -2.37. The summed E-state index contributed by atoms with van der Waals surface area (Å²) in [6, 6.07) is 20.4. The number of amides is 1. The third-order valence-corrected chi connectivity index (χ3v) is 5.69. The molecule has 1 aliphatic heterocycles. The van der Waals surface area contributed by atoms with E-state index in [4.69, 9.17) is 24.2 Å². The summed E-state index contributed by atoms with van der Waals surface area (Å²) in [5, 5.41) is 3.05. The van der Waals surface area contributed by atoms with Crippen LogP contribution in [0.4, 0.5) is 11.4 Å². The molecule has 3 aromatic rings. The van der Waals surface area contributed by atoms with Crippen molar-refractivity contribution in [1.29, 1.82) is 0 Å². The van der Waals surface area contributed by atoms with Gasteiger partial charge in [-0.05, 0) is 48.4 Å². The smallest absolute Gasteiger partial charge is 0.260 e. The van der Waals surface area contributed by atoms with Gasteiger partial charge in [-0.1, -0.05) is 37.3 Å². The SMILES string of the molecule is CCC1=Nc2ccccc2N=C(NC(=O)c2ccccc2OC)[C@@H]1c1ccc(OC)c(OC)c1. The van der Waals surface area contributed by atoms with E-state index in [1.165, 1.54) is 0 Å². The molecule has 4 rings (SSSR count). The largest absolute Gasteiger partial charge is 0.496 e. The lowest BCUT2D eigenvalue weighted by Gasteiger charge is -2.22. The van der Waals surface area contributed by atoms with Gasteiger partial charge in [0.1, 0.15) is 11.6 Å². The van der Waals surface area contributed by atoms with Crippen LogP contribution < -0.4 is 19.5 Å². The number of rotatable bonds is 6. The minimum absolute atomic E-state index is 0.309. The highest BCUT2D eigenvalue weighted by Crippen LogP contribution is 2.37. The average molecular weight is 458 g/mol. The number of methoxy groups -OCH3 is 3. The van der Waals surface area contributed by atoms with Gasteiger partial charge < -0.3 is 19.5 Å². The zero-order valence-corrected chi connectivity index (χ0v) is 19.7. The number of carbonyl (C=O) groups excluding carboxylic acids is 1. The summed E-state index contributed by atoms with van der Waals surface area (Å²) in [7, 11) is 4.73. The van der Waals surface area contributed by atoms with Gasteiger partial charge in [0.25, 0.3) is 5.91 Å². The molecule has 0 unspecified atom stereocenters. The van der Waals surface area contributed by atoms with E-state index in [0.29, 0.717) is 40.8 Å². The number of fused-ring (bicyclic) bond motifs is 1. The zero-order valence-electron chi connectivity index (χ0n) is 19.7. The number of hydrogen-bond donors (Lipinski definition) is 1. The molecule has 0 spiro atoms. The highest BCUT2D eigenvalue weighted by atomic mass is 16.5. The molecule has 1 heterocycles. The summed E-state index contributed by atoms with van der Waals surface area (Å²) in [4.78, 5) is 23.2. The lowest BCUT2D eigenvalue weighted by atomic mass is 9.90. The van der Waals surface area contributed by atoms with Crippen LogP contribution in [0.5, 0.6) is 17.2 Å². The maximum absolute atomic E-state index is 13.4. The number of nitrogens with zero attached hydrogens (tertiary/aromatic N) is 2. The molecule has 0 saturated carbocycles. The second-order valence-electron chi connectivity index (χ2n) is 7.64. The molecule has 0 radical (unpaired) electrons. The molecule has 0 aromatic heterocycles. The van der Waals surface area contributed by atoms with Gasteiger partial charge in [-0.15, -0.1) is 0 Å². The van der Waals surface area contributed by atoms with E-state index in [9.17, 15) is 4.79 Å². The van der Waals surface area contributed by atoms with Gasteiger partial charge in [0.05, 0.1) is 44.2 Å². The van der Waals surface area contributed by atoms with Crippen LogP contribution in [0.1, 0.15) is 35.2 Å². The summed E-state index contributed by atoms with van der Waals surface area (Å²) in [6.07, 6.45) is 0.664. The standard InChI is InChI=1S/C27H27N3O4/c1-5-19-25(17-14-15-23(33-3)24(16-17)34-4)26(29-21-12-8-7-11-20(21)28-19)30-27(31)18-10-6-9-13-22(18)32-2/h6-16,25H,5H2,1-4H3,(H,29,30,31)/t25-/m1/s1. The molecule has 34 heavy (non-hydrogen) atoms. The fourth-order valence-corrected chi connectivity index (χ4v) is 4.01. The number of amidine groups is 1. The van der Waals surface area contributed by atoms with Gasteiger partial charge >= 0.3 is 0 Å². The van der Waals surface area contributed by atoms with E-state index in [0.717, 1.165) is 17.0 Å². The van der Waals surface area contributed by atoms with Crippen molar-refractivity contribution < 1.29 is 19.0 Å². The molecule has 0 aliphatic carbocycles. The van der Waals surface area contributed by atoms with Crippen molar-refractivity contribution in [2.45, 2.75) is 19.3 Å². The Kier molecular flexibility index (Phi) is 6.92. The number of nitrogens with one attached hydrogen (secondary N) is 1. The minimum atomic E-state index is -0.393. The van der Waals surface area contributed by atoms with Gasteiger partial charge in [0.2, 0.25) is 0 Å². The number of hydrogen-bond acceptors (Lipinski definition) is 6. The molecule has 0 saturated heterocycles. The average Bonchev–Trinajstić information content (AvgIpc) is 3.04. The monoisotopic (exact) mass is 457 g/mol. The third kappa shape index (κ3) is 4.50. The van der Waals surface area contributed by atoms with Gasteiger partial charge in [0.15, 0.2) is 11.5 Å². The first-order chi connectivity index (χ1) is 16.6. The predicted octanol–water partition coefficient (Wildman–Crippen LogP) is 5.45. The Labute approximate surface area is 199 Å². The summed E-state index contributed by atoms with van der Waals surface area (Å²) in [5.41, 5.74) is 3.62. The molecule has 3 aromatic carbocycles. The lowest BCUT2D eigenvalue weighted by molar-refractivity contribution is 0.0973. The molecule has 174 valence electrons. The highest BCUT2D eigenvalue weighted by Gasteiger charge is 2.29. The Bertz CT molecular complexity index is 1270. The Morgan fingerprint density at radius 2 is 1.47 bits per heavy atom. The van der Waals surface area contributed by atoms with Gasteiger partial charge in [-0.2, -0.15) is 0 Å². The maximum atomic E-state index is 13.4. The van der Waals surface area contributed by atoms with Gasteiger partial charge in [0, 0.05) is 5.71 Å². The van der Waals surface area contributed by atoms with Crippen LogP contribution in [-0.4, -0.2) is 38.8 Å².